The molecule has 0 radical (unpaired) electrons. The van der Waals surface area contributed by atoms with Gasteiger partial charge in [0.1, 0.15) is 11.9 Å². The molecule has 0 aromatic heterocycles. The molecule has 1 N–H and O–H groups in total. The minimum Gasteiger partial charge on any atom is -0.454 e. The van der Waals surface area contributed by atoms with Crippen LogP contribution < -0.4 is 5.32 Å². The Kier molecular flexibility index (Phi) is 6.61. The quantitative estimate of drug-likeness (QED) is 0.550. The first-order valence-corrected chi connectivity index (χ1v) is 9.93. The van der Waals surface area contributed by atoms with E-state index in [-0.39, 0.29) is 36.0 Å². The third-order valence-electron chi connectivity index (χ3n) is 5.62. The summed E-state index contributed by atoms with van der Waals surface area (Å²) in [6, 6.07) is 5.21. The van der Waals surface area contributed by atoms with Gasteiger partial charge in [-0.15, -0.1) is 0 Å². The summed E-state index contributed by atoms with van der Waals surface area (Å²) in [6.45, 7) is 1.11. The van der Waals surface area contributed by atoms with E-state index in [1.807, 2.05) is 0 Å². The molecule has 2 aliphatic rings. The van der Waals surface area contributed by atoms with Crippen molar-refractivity contribution >= 4 is 23.7 Å². The van der Waals surface area contributed by atoms with E-state index in [0.29, 0.717) is 24.8 Å². The number of likely N-dealkylation sites (tertiary alicyclic amines) is 1. The molecule has 7 nitrogen and oxygen atoms in total. The van der Waals surface area contributed by atoms with E-state index < -0.39 is 24.5 Å². The molecule has 3 rings (SSSR count). The van der Waals surface area contributed by atoms with Crippen molar-refractivity contribution in [2.75, 3.05) is 13.2 Å². The van der Waals surface area contributed by atoms with Gasteiger partial charge in [-0.05, 0) is 37.8 Å². The van der Waals surface area contributed by atoms with E-state index in [9.17, 15) is 23.6 Å². The number of benzene rings is 1. The van der Waals surface area contributed by atoms with Crippen LogP contribution in [0.3, 0.4) is 0 Å². The van der Waals surface area contributed by atoms with Gasteiger partial charge in [0, 0.05) is 6.54 Å². The van der Waals surface area contributed by atoms with E-state index in [4.69, 9.17) is 4.74 Å². The van der Waals surface area contributed by atoms with Crippen LogP contribution in [-0.2, 0) is 30.3 Å². The number of esters is 1. The predicted molar refractivity (Wildman–Crippen MR) is 101 cm³/mol. The van der Waals surface area contributed by atoms with Crippen molar-refractivity contribution in [1.29, 1.82) is 0 Å². The number of halogens is 1. The molecule has 156 valence electrons. The first-order valence-electron chi connectivity index (χ1n) is 9.93. The fourth-order valence-electron chi connectivity index (χ4n) is 4.02. The molecule has 0 bridgehead atoms. The third kappa shape index (κ3) is 4.63. The molecule has 29 heavy (non-hydrogen) atoms. The van der Waals surface area contributed by atoms with Gasteiger partial charge in [-0.3, -0.25) is 19.3 Å². The van der Waals surface area contributed by atoms with Crippen LogP contribution >= 0.6 is 0 Å². The third-order valence-corrected chi connectivity index (χ3v) is 5.62. The van der Waals surface area contributed by atoms with Crippen LogP contribution in [0.2, 0.25) is 0 Å². The summed E-state index contributed by atoms with van der Waals surface area (Å²) in [4.78, 5) is 50.2. The van der Waals surface area contributed by atoms with Crippen molar-refractivity contribution in [1.82, 2.24) is 10.2 Å². The Balaban J connectivity index is 1.45. The summed E-state index contributed by atoms with van der Waals surface area (Å²) >= 11 is 0. The van der Waals surface area contributed by atoms with Crippen molar-refractivity contribution < 1.29 is 28.3 Å². The fraction of sp³-hybridized carbons (Fsp3) is 0.524. The Hall–Kier alpha value is -2.77. The zero-order valence-corrected chi connectivity index (χ0v) is 16.4. The zero-order chi connectivity index (χ0) is 21.0. The first-order chi connectivity index (χ1) is 13.9. The summed E-state index contributed by atoms with van der Waals surface area (Å²) in [5, 5.41) is 2.55. The van der Waals surface area contributed by atoms with E-state index in [0.717, 1.165) is 17.7 Å². The van der Waals surface area contributed by atoms with E-state index >= 15 is 0 Å². The van der Waals surface area contributed by atoms with Gasteiger partial charge in [-0.1, -0.05) is 31.0 Å². The average Bonchev–Trinajstić information content (AvgIpc) is 2.97. The minimum absolute atomic E-state index is 0.194. The maximum Gasteiger partial charge on any atom is 0.329 e. The second-order valence-corrected chi connectivity index (χ2v) is 7.52. The van der Waals surface area contributed by atoms with Crippen LogP contribution in [0.25, 0.3) is 0 Å². The summed E-state index contributed by atoms with van der Waals surface area (Å²) in [7, 11) is 0. The standard InChI is InChI=1S/C21H25FN2O5/c1-13(24-19(26)15-7-3-4-8-16(15)20(24)27)21(28)29-12-18(25)23-11-10-14-6-2-5-9-17(14)22/h2,5-6,9,13,15-16H,3-4,7-8,10-12H2,1H3,(H,23,25)/t13-,15-,16-/m0/s1. The number of hydrogen-bond acceptors (Lipinski definition) is 5. The van der Waals surface area contributed by atoms with Crippen molar-refractivity contribution in [3.8, 4) is 0 Å². The summed E-state index contributed by atoms with van der Waals surface area (Å²) in [5.74, 6) is -3.00. The van der Waals surface area contributed by atoms with E-state index in [2.05, 4.69) is 5.32 Å². The topological polar surface area (TPSA) is 92.8 Å². The molecule has 8 heteroatoms. The highest BCUT2D eigenvalue weighted by molar-refractivity contribution is 6.07. The molecule has 0 spiro atoms. The Morgan fingerprint density at radius 3 is 2.41 bits per heavy atom. The Morgan fingerprint density at radius 2 is 1.79 bits per heavy atom. The number of fused-ring (bicyclic) bond motifs is 1. The molecule has 1 aliphatic carbocycles. The van der Waals surface area contributed by atoms with Gasteiger partial charge in [0.05, 0.1) is 11.8 Å². The highest BCUT2D eigenvalue weighted by Gasteiger charge is 2.51. The largest absolute Gasteiger partial charge is 0.454 e. The number of carbonyl (C=O) groups is 4. The summed E-state index contributed by atoms with van der Waals surface area (Å²) in [6.07, 6.45) is 3.44. The van der Waals surface area contributed by atoms with Crippen LogP contribution in [0, 0.1) is 17.7 Å². The Morgan fingerprint density at radius 1 is 1.17 bits per heavy atom. The number of nitrogens with zero attached hydrogens (tertiary/aromatic N) is 1. The van der Waals surface area contributed by atoms with Gasteiger partial charge in [0.2, 0.25) is 11.8 Å². The van der Waals surface area contributed by atoms with Gasteiger partial charge in [0.25, 0.3) is 5.91 Å². The highest BCUT2D eigenvalue weighted by atomic mass is 19.1. The number of carbonyl (C=O) groups excluding carboxylic acids is 4. The molecule has 1 aromatic rings. The highest BCUT2D eigenvalue weighted by Crippen LogP contribution is 2.38. The zero-order valence-electron chi connectivity index (χ0n) is 16.4. The lowest BCUT2D eigenvalue weighted by atomic mass is 9.81. The lowest BCUT2D eigenvalue weighted by Crippen LogP contribution is -2.45. The normalized spacial score (nSPS) is 22.2. The lowest BCUT2D eigenvalue weighted by Gasteiger charge is -2.21. The molecular formula is C21H25FN2O5. The van der Waals surface area contributed by atoms with Gasteiger partial charge in [-0.25, -0.2) is 9.18 Å². The molecule has 1 saturated carbocycles. The van der Waals surface area contributed by atoms with Gasteiger partial charge in [0.15, 0.2) is 6.61 Å². The van der Waals surface area contributed by atoms with Gasteiger partial charge >= 0.3 is 5.97 Å². The number of amides is 3. The maximum atomic E-state index is 13.5. The molecule has 1 saturated heterocycles. The monoisotopic (exact) mass is 404 g/mol. The van der Waals surface area contributed by atoms with Crippen molar-refractivity contribution in [3.05, 3.63) is 35.6 Å². The van der Waals surface area contributed by atoms with Crippen LogP contribution in [0.5, 0.6) is 0 Å². The molecule has 1 heterocycles. The van der Waals surface area contributed by atoms with Crippen LogP contribution in [0.4, 0.5) is 4.39 Å². The first kappa shape index (κ1) is 21.0. The van der Waals surface area contributed by atoms with Gasteiger partial charge in [-0.2, -0.15) is 0 Å². The van der Waals surface area contributed by atoms with E-state index in [1.54, 1.807) is 18.2 Å². The molecule has 2 fully saturated rings. The second-order valence-electron chi connectivity index (χ2n) is 7.52. The Bertz CT molecular complexity index is 788. The van der Waals surface area contributed by atoms with E-state index in [1.165, 1.54) is 13.0 Å². The van der Waals surface area contributed by atoms with Gasteiger partial charge < -0.3 is 10.1 Å². The van der Waals surface area contributed by atoms with Crippen LogP contribution in [0.15, 0.2) is 24.3 Å². The minimum atomic E-state index is -1.06. The molecule has 1 aromatic carbocycles. The Labute approximate surface area is 168 Å². The molecule has 3 atom stereocenters. The van der Waals surface area contributed by atoms with Crippen LogP contribution in [-0.4, -0.2) is 47.8 Å². The maximum absolute atomic E-state index is 13.5. The smallest absolute Gasteiger partial charge is 0.329 e. The van der Waals surface area contributed by atoms with Crippen molar-refractivity contribution in [2.45, 2.75) is 45.1 Å². The number of imide groups is 1. The number of hydrogen-bond donors (Lipinski definition) is 1. The molecule has 3 amide bonds. The molecule has 0 unspecified atom stereocenters. The number of nitrogens with one attached hydrogen (secondary N) is 1. The predicted octanol–water partition coefficient (Wildman–Crippen LogP) is 1.59. The SMILES string of the molecule is C[C@@H](C(=O)OCC(=O)NCCc1ccccc1F)N1C(=O)[C@H]2CCCC[C@@H]2C1=O. The van der Waals surface area contributed by atoms with Crippen molar-refractivity contribution in [2.24, 2.45) is 11.8 Å². The molecular weight excluding hydrogens is 379 g/mol. The van der Waals surface area contributed by atoms with Crippen LogP contribution in [0.1, 0.15) is 38.2 Å². The summed E-state index contributed by atoms with van der Waals surface area (Å²) < 4.78 is 18.5. The molecule has 1 aliphatic heterocycles. The number of ether oxygens (including phenoxy) is 1. The van der Waals surface area contributed by atoms with Crippen molar-refractivity contribution in [3.63, 3.8) is 0 Å². The fourth-order valence-corrected chi connectivity index (χ4v) is 4.02. The second kappa shape index (κ2) is 9.15. The average molecular weight is 404 g/mol. The number of rotatable bonds is 7. The lowest BCUT2D eigenvalue weighted by molar-refractivity contribution is -0.159. The summed E-state index contributed by atoms with van der Waals surface area (Å²) in [5.41, 5.74) is 0.478.